The Hall–Kier alpha value is -2.09. The first-order chi connectivity index (χ1) is 12.8. The van der Waals surface area contributed by atoms with Crippen molar-refractivity contribution in [2.45, 2.75) is 19.8 Å². The summed E-state index contributed by atoms with van der Waals surface area (Å²) in [7, 11) is 2.24. The number of carbonyl (C=O) groups is 2. The predicted octanol–water partition coefficient (Wildman–Crippen LogP) is 3.71. The molecule has 3 amide bonds. The van der Waals surface area contributed by atoms with E-state index in [2.05, 4.69) is 24.6 Å². The Morgan fingerprint density at radius 1 is 1.19 bits per heavy atom. The van der Waals surface area contributed by atoms with E-state index in [4.69, 9.17) is 17.3 Å². The van der Waals surface area contributed by atoms with Crippen LogP contribution in [0.2, 0.25) is 5.02 Å². The van der Waals surface area contributed by atoms with Gasteiger partial charge in [-0.2, -0.15) is 0 Å². The first kappa shape index (κ1) is 19.7. The number of hydrogen-bond donors (Lipinski definition) is 3. The van der Waals surface area contributed by atoms with E-state index in [1.54, 1.807) is 24.3 Å². The average molecular weight is 408 g/mol. The summed E-state index contributed by atoms with van der Waals surface area (Å²) in [5.74, 6) is -0.498. The highest BCUT2D eigenvalue weighted by molar-refractivity contribution is 7.17. The quantitative estimate of drug-likeness (QED) is 0.675. The third-order valence-electron chi connectivity index (χ3n) is 5.21. The number of hydrogen-bond acceptors (Lipinski definition) is 3. The van der Waals surface area contributed by atoms with Gasteiger partial charge in [0.05, 0.1) is 32.2 Å². The summed E-state index contributed by atoms with van der Waals surface area (Å²) in [5.41, 5.74) is 7.71. The maximum Gasteiger partial charge on any atom is 0.324 e. The van der Waals surface area contributed by atoms with Gasteiger partial charge in [0, 0.05) is 28.4 Å². The lowest BCUT2D eigenvalue weighted by Gasteiger charge is -2.31. The van der Waals surface area contributed by atoms with Crippen molar-refractivity contribution in [3.05, 3.63) is 45.3 Å². The van der Waals surface area contributed by atoms with Gasteiger partial charge in [0.15, 0.2) is 0 Å². The molecule has 0 spiro atoms. The van der Waals surface area contributed by atoms with Gasteiger partial charge in [-0.15, -0.1) is 11.3 Å². The number of primary amides is 1. The number of fused-ring (bicyclic) bond motifs is 1. The number of carbonyl (C=O) groups excluding carboxylic acids is 2. The fourth-order valence-corrected chi connectivity index (χ4v) is 4.67. The van der Waals surface area contributed by atoms with Crippen LogP contribution in [0.15, 0.2) is 24.3 Å². The highest BCUT2D eigenvalue weighted by Gasteiger charge is 2.30. The molecule has 6 nitrogen and oxygen atoms in total. The number of nitrogens with two attached hydrogens (primary N) is 1. The Labute approximate surface area is 167 Å². The molecule has 2 heterocycles. The SMILES string of the molecule is CC[N+]1(C)CCc2sc(NC(=O)Nc3ccc(Cl)cc3)c(C(N)=O)c2CC1. The molecule has 0 aliphatic carbocycles. The number of rotatable bonds is 4. The molecular weight excluding hydrogens is 384 g/mol. The molecule has 0 saturated carbocycles. The van der Waals surface area contributed by atoms with E-state index < -0.39 is 11.9 Å². The number of urea groups is 1. The van der Waals surface area contributed by atoms with E-state index in [1.165, 1.54) is 11.3 Å². The van der Waals surface area contributed by atoms with Gasteiger partial charge in [-0.05, 0) is 36.8 Å². The summed E-state index contributed by atoms with van der Waals surface area (Å²) in [6, 6.07) is 6.41. The number of anilines is 2. The highest BCUT2D eigenvalue weighted by atomic mass is 35.5. The first-order valence-electron chi connectivity index (χ1n) is 8.93. The van der Waals surface area contributed by atoms with Crippen LogP contribution in [0.4, 0.5) is 15.5 Å². The molecule has 3 rings (SSSR count). The van der Waals surface area contributed by atoms with Gasteiger partial charge in [-0.1, -0.05) is 11.6 Å². The molecule has 144 valence electrons. The molecule has 1 unspecified atom stereocenters. The van der Waals surface area contributed by atoms with Gasteiger partial charge in [-0.25, -0.2) is 4.79 Å². The zero-order valence-corrected chi connectivity index (χ0v) is 17.0. The second-order valence-electron chi connectivity index (χ2n) is 7.04. The molecule has 2 aromatic rings. The average Bonchev–Trinajstić information content (AvgIpc) is 2.89. The number of nitrogens with one attached hydrogen (secondary N) is 2. The van der Waals surface area contributed by atoms with Crippen molar-refractivity contribution in [3.63, 3.8) is 0 Å². The van der Waals surface area contributed by atoms with E-state index in [9.17, 15) is 9.59 Å². The highest BCUT2D eigenvalue weighted by Crippen LogP contribution is 2.36. The molecule has 1 aromatic carbocycles. The van der Waals surface area contributed by atoms with Gasteiger partial charge < -0.3 is 15.5 Å². The Morgan fingerprint density at radius 3 is 2.48 bits per heavy atom. The largest absolute Gasteiger partial charge is 0.365 e. The number of thiophene rings is 1. The number of likely N-dealkylation sites (N-methyl/N-ethyl adjacent to an activating group) is 1. The van der Waals surface area contributed by atoms with E-state index in [0.717, 1.165) is 47.4 Å². The van der Waals surface area contributed by atoms with Crippen LogP contribution in [0.25, 0.3) is 0 Å². The van der Waals surface area contributed by atoms with E-state index in [-0.39, 0.29) is 0 Å². The van der Waals surface area contributed by atoms with Crippen LogP contribution in [0.1, 0.15) is 27.7 Å². The molecule has 1 aromatic heterocycles. The number of halogens is 1. The van der Waals surface area contributed by atoms with Gasteiger partial charge in [0.25, 0.3) is 5.91 Å². The fourth-order valence-electron chi connectivity index (χ4n) is 3.31. The summed E-state index contributed by atoms with van der Waals surface area (Å²) in [6.07, 6.45) is 1.67. The zero-order valence-electron chi connectivity index (χ0n) is 15.5. The number of quaternary nitrogens is 1. The minimum absolute atomic E-state index is 0.412. The molecule has 4 N–H and O–H groups in total. The minimum Gasteiger partial charge on any atom is -0.365 e. The van der Waals surface area contributed by atoms with Crippen molar-refractivity contribution in [3.8, 4) is 0 Å². The molecule has 0 fully saturated rings. The predicted molar refractivity (Wildman–Crippen MR) is 111 cm³/mol. The fraction of sp³-hybridized carbons (Fsp3) is 0.368. The van der Waals surface area contributed by atoms with Crippen LogP contribution in [0.3, 0.4) is 0 Å². The summed E-state index contributed by atoms with van der Waals surface area (Å²) in [6.45, 7) is 5.20. The molecular formula is C19H24ClN4O2S+. The van der Waals surface area contributed by atoms with Crippen LogP contribution >= 0.6 is 22.9 Å². The minimum atomic E-state index is -0.498. The van der Waals surface area contributed by atoms with Crippen LogP contribution in [-0.4, -0.2) is 43.1 Å². The number of benzene rings is 1. The van der Waals surface area contributed by atoms with Crippen LogP contribution in [0, 0.1) is 0 Å². The Kier molecular flexibility index (Phi) is 5.74. The molecule has 1 aliphatic rings. The van der Waals surface area contributed by atoms with Crippen molar-refractivity contribution in [1.82, 2.24) is 0 Å². The van der Waals surface area contributed by atoms with Crippen molar-refractivity contribution in [1.29, 1.82) is 0 Å². The first-order valence-corrected chi connectivity index (χ1v) is 10.1. The van der Waals surface area contributed by atoms with Crippen molar-refractivity contribution >= 4 is 45.6 Å². The lowest BCUT2D eigenvalue weighted by molar-refractivity contribution is -0.906. The van der Waals surface area contributed by atoms with Gasteiger partial charge >= 0.3 is 6.03 Å². The molecule has 0 bridgehead atoms. The third kappa shape index (κ3) is 4.43. The standard InChI is InChI=1S/C19H23ClN4O2S/c1-3-24(2)10-8-14-15(9-11-24)27-18(16(14)17(21)25)23-19(26)22-13-6-4-12(20)5-7-13/h4-7H,3,8-11H2,1-2H3,(H3-,21,22,23,25,26)/p+1. The van der Waals surface area contributed by atoms with E-state index in [1.807, 2.05) is 0 Å². The van der Waals surface area contributed by atoms with Gasteiger partial charge in [0.1, 0.15) is 5.00 Å². The maximum atomic E-state index is 12.4. The summed E-state index contributed by atoms with van der Waals surface area (Å²) in [4.78, 5) is 25.6. The Morgan fingerprint density at radius 2 is 1.85 bits per heavy atom. The number of amides is 3. The smallest absolute Gasteiger partial charge is 0.324 e. The molecule has 1 atom stereocenters. The summed E-state index contributed by atoms with van der Waals surface area (Å²) >= 11 is 7.31. The van der Waals surface area contributed by atoms with Crippen LogP contribution < -0.4 is 16.4 Å². The summed E-state index contributed by atoms with van der Waals surface area (Å²) < 4.78 is 0.972. The van der Waals surface area contributed by atoms with Crippen LogP contribution in [0.5, 0.6) is 0 Å². The van der Waals surface area contributed by atoms with Crippen molar-refractivity contribution < 1.29 is 14.1 Å². The lowest BCUT2D eigenvalue weighted by atomic mass is 10.1. The third-order valence-corrected chi connectivity index (χ3v) is 6.67. The molecule has 0 radical (unpaired) electrons. The summed E-state index contributed by atoms with van der Waals surface area (Å²) in [5, 5.41) is 6.65. The monoisotopic (exact) mass is 407 g/mol. The zero-order chi connectivity index (χ0) is 19.6. The topological polar surface area (TPSA) is 84.2 Å². The van der Waals surface area contributed by atoms with E-state index in [0.29, 0.717) is 21.3 Å². The van der Waals surface area contributed by atoms with E-state index >= 15 is 0 Å². The molecule has 8 heteroatoms. The van der Waals surface area contributed by atoms with Crippen molar-refractivity contribution in [2.75, 3.05) is 37.3 Å². The second-order valence-corrected chi connectivity index (χ2v) is 8.58. The molecule has 0 saturated heterocycles. The Balaban J connectivity index is 1.80. The Bertz CT molecular complexity index is 865. The van der Waals surface area contributed by atoms with Crippen molar-refractivity contribution in [2.24, 2.45) is 5.73 Å². The molecule has 27 heavy (non-hydrogen) atoms. The lowest BCUT2D eigenvalue weighted by Crippen LogP contribution is -2.45. The van der Waals surface area contributed by atoms with Crippen LogP contribution in [-0.2, 0) is 12.8 Å². The second kappa shape index (κ2) is 7.88. The molecule has 1 aliphatic heterocycles. The maximum absolute atomic E-state index is 12.4. The normalized spacial score (nSPS) is 19.1. The number of nitrogens with zero attached hydrogens (tertiary/aromatic N) is 1. The van der Waals surface area contributed by atoms with Gasteiger partial charge in [-0.3, -0.25) is 10.1 Å². The van der Waals surface area contributed by atoms with Gasteiger partial charge in [0.2, 0.25) is 0 Å².